The lowest BCUT2D eigenvalue weighted by atomic mass is 10.0. The van der Waals surface area contributed by atoms with Gasteiger partial charge in [0.15, 0.2) is 0 Å². The van der Waals surface area contributed by atoms with Gasteiger partial charge < -0.3 is 4.90 Å². The van der Waals surface area contributed by atoms with Crippen LogP contribution >= 0.6 is 0 Å². The van der Waals surface area contributed by atoms with Crippen molar-refractivity contribution < 1.29 is 35.5 Å². The number of alkyl halides is 6. The number of rotatable bonds is 4. The van der Waals surface area contributed by atoms with Gasteiger partial charge in [-0.05, 0) is 48.2 Å². The van der Waals surface area contributed by atoms with Crippen LogP contribution in [0.25, 0.3) is 22.4 Å². The number of halogens is 7. The van der Waals surface area contributed by atoms with Crippen LogP contribution in [0.4, 0.5) is 36.4 Å². The molecule has 2 aromatic heterocycles. The van der Waals surface area contributed by atoms with E-state index in [0.717, 1.165) is 23.0 Å². The van der Waals surface area contributed by atoms with Gasteiger partial charge in [0.2, 0.25) is 0 Å². The van der Waals surface area contributed by atoms with Crippen molar-refractivity contribution in [1.29, 1.82) is 0 Å². The number of aromatic nitrogens is 4. The maximum Gasteiger partial charge on any atom is 0.433 e. The van der Waals surface area contributed by atoms with Crippen LogP contribution < -0.4 is 4.90 Å². The first-order valence-corrected chi connectivity index (χ1v) is 11.6. The standard InChI is InChI=1S/C26H18F7N5O/c27-19-2-1-3-21-18(19)8-9-22(24(39)37(21)14-25(28,29)30)38-13-20(35-36-38)16-6-4-15(5-7-16)17-10-11-34-23(12-17)26(31,32)33/h1-7,10-13,22H,8-9,14H2. The summed E-state index contributed by atoms with van der Waals surface area (Å²) in [5, 5.41) is 7.98. The van der Waals surface area contributed by atoms with Crippen molar-refractivity contribution in [1.82, 2.24) is 20.0 Å². The normalized spacial score (nSPS) is 16.2. The molecule has 5 rings (SSSR count). The van der Waals surface area contributed by atoms with Crippen molar-refractivity contribution >= 4 is 11.6 Å². The van der Waals surface area contributed by atoms with Crippen molar-refractivity contribution in [3.8, 4) is 22.4 Å². The SMILES string of the molecule is O=C1C(n2cc(-c3ccc(-c4ccnc(C(F)(F)F)c4)cc3)nn2)CCc2c(F)cccc2N1CC(F)(F)F. The van der Waals surface area contributed by atoms with E-state index in [0.29, 0.717) is 21.6 Å². The van der Waals surface area contributed by atoms with Gasteiger partial charge in [-0.2, -0.15) is 26.3 Å². The number of carbonyl (C=O) groups excluding carboxylic acids is 1. The molecule has 0 N–H and O–H groups in total. The van der Waals surface area contributed by atoms with Gasteiger partial charge in [-0.15, -0.1) is 5.10 Å². The van der Waals surface area contributed by atoms with Gasteiger partial charge in [0.1, 0.15) is 29.8 Å². The van der Waals surface area contributed by atoms with Gasteiger partial charge in [0, 0.05) is 17.3 Å². The van der Waals surface area contributed by atoms with Crippen molar-refractivity contribution in [3.63, 3.8) is 0 Å². The van der Waals surface area contributed by atoms with Crippen molar-refractivity contribution in [3.05, 3.63) is 84.1 Å². The molecular formula is C26H18F7N5O. The largest absolute Gasteiger partial charge is 0.433 e. The Hall–Kier alpha value is -4.29. The number of benzene rings is 2. The van der Waals surface area contributed by atoms with E-state index in [9.17, 15) is 35.5 Å². The Morgan fingerprint density at radius 3 is 2.33 bits per heavy atom. The lowest BCUT2D eigenvalue weighted by Gasteiger charge is -2.26. The molecule has 1 atom stereocenters. The molecule has 0 saturated heterocycles. The summed E-state index contributed by atoms with van der Waals surface area (Å²) in [4.78, 5) is 17.1. The Balaban J connectivity index is 1.42. The Bertz CT molecular complexity index is 1510. The first kappa shape index (κ1) is 26.3. The smallest absolute Gasteiger partial charge is 0.301 e. The second-order valence-electron chi connectivity index (χ2n) is 8.92. The molecule has 202 valence electrons. The van der Waals surface area contributed by atoms with Gasteiger partial charge in [-0.3, -0.25) is 9.78 Å². The number of pyridine rings is 1. The minimum atomic E-state index is -4.72. The fraction of sp³-hybridized carbons (Fsp3) is 0.231. The third-order valence-corrected chi connectivity index (χ3v) is 6.34. The third-order valence-electron chi connectivity index (χ3n) is 6.34. The molecule has 1 unspecified atom stereocenters. The van der Waals surface area contributed by atoms with Crippen LogP contribution in [0.1, 0.15) is 23.7 Å². The molecule has 1 aliphatic rings. The van der Waals surface area contributed by atoms with E-state index >= 15 is 0 Å². The van der Waals surface area contributed by atoms with E-state index in [-0.39, 0.29) is 29.8 Å². The van der Waals surface area contributed by atoms with Crippen LogP contribution in [-0.4, -0.2) is 38.6 Å². The van der Waals surface area contributed by atoms with Crippen LogP contribution in [0.3, 0.4) is 0 Å². The van der Waals surface area contributed by atoms with E-state index < -0.39 is 42.4 Å². The quantitative estimate of drug-likeness (QED) is 0.283. The minimum Gasteiger partial charge on any atom is -0.301 e. The van der Waals surface area contributed by atoms with Gasteiger partial charge in [-0.1, -0.05) is 35.5 Å². The van der Waals surface area contributed by atoms with Crippen LogP contribution in [0.2, 0.25) is 0 Å². The van der Waals surface area contributed by atoms with Crippen LogP contribution in [-0.2, 0) is 17.4 Å². The number of hydrogen-bond acceptors (Lipinski definition) is 4. The number of nitrogens with zero attached hydrogens (tertiary/aromatic N) is 5. The fourth-order valence-corrected chi connectivity index (χ4v) is 4.50. The van der Waals surface area contributed by atoms with E-state index in [2.05, 4.69) is 15.3 Å². The molecule has 0 fully saturated rings. The van der Waals surface area contributed by atoms with Crippen LogP contribution in [0, 0.1) is 5.82 Å². The molecular weight excluding hydrogens is 531 g/mol. The molecule has 13 heteroatoms. The Labute approximate surface area is 216 Å². The van der Waals surface area contributed by atoms with E-state index in [1.54, 1.807) is 24.3 Å². The number of hydrogen-bond donors (Lipinski definition) is 0. The second-order valence-corrected chi connectivity index (χ2v) is 8.92. The molecule has 2 aromatic carbocycles. The predicted octanol–water partition coefficient (Wildman–Crippen LogP) is 6.25. The first-order valence-electron chi connectivity index (χ1n) is 11.6. The molecule has 39 heavy (non-hydrogen) atoms. The van der Waals surface area contributed by atoms with Crippen molar-refractivity contribution in [2.75, 3.05) is 11.4 Å². The molecule has 3 heterocycles. The zero-order chi connectivity index (χ0) is 27.9. The molecule has 0 aliphatic carbocycles. The average molecular weight is 549 g/mol. The number of anilines is 1. The molecule has 0 bridgehead atoms. The molecule has 4 aromatic rings. The molecule has 0 spiro atoms. The maximum absolute atomic E-state index is 14.5. The highest BCUT2D eigenvalue weighted by Gasteiger charge is 2.40. The highest BCUT2D eigenvalue weighted by molar-refractivity contribution is 5.97. The summed E-state index contributed by atoms with van der Waals surface area (Å²) in [5.74, 6) is -1.61. The van der Waals surface area contributed by atoms with Gasteiger partial charge >= 0.3 is 12.4 Å². The second kappa shape index (κ2) is 9.79. The van der Waals surface area contributed by atoms with Crippen molar-refractivity contribution in [2.24, 2.45) is 0 Å². The summed E-state index contributed by atoms with van der Waals surface area (Å²) in [6.45, 7) is -1.59. The fourth-order valence-electron chi connectivity index (χ4n) is 4.50. The van der Waals surface area contributed by atoms with E-state index in [4.69, 9.17) is 0 Å². The highest BCUT2D eigenvalue weighted by atomic mass is 19.4. The zero-order valence-corrected chi connectivity index (χ0v) is 19.8. The molecule has 1 aliphatic heterocycles. The first-order chi connectivity index (χ1) is 18.4. The topological polar surface area (TPSA) is 63.9 Å². The number of amides is 1. The highest BCUT2D eigenvalue weighted by Crippen LogP contribution is 2.36. The predicted molar refractivity (Wildman–Crippen MR) is 126 cm³/mol. The lowest BCUT2D eigenvalue weighted by molar-refractivity contribution is -0.141. The molecule has 0 radical (unpaired) electrons. The third kappa shape index (κ3) is 5.47. The van der Waals surface area contributed by atoms with Gasteiger partial charge in [-0.25, -0.2) is 9.07 Å². The van der Waals surface area contributed by atoms with E-state index in [1.807, 2.05) is 0 Å². The molecule has 1 amide bonds. The Morgan fingerprint density at radius 2 is 1.64 bits per heavy atom. The average Bonchev–Trinajstić information content (AvgIpc) is 3.32. The van der Waals surface area contributed by atoms with Crippen LogP contribution in [0.15, 0.2) is 67.0 Å². The van der Waals surface area contributed by atoms with Gasteiger partial charge in [0.25, 0.3) is 5.91 Å². The molecule has 0 saturated carbocycles. The lowest BCUT2D eigenvalue weighted by Crippen LogP contribution is -2.42. The summed E-state index contributed by atoms with van der Waals surface area (Å²) < 4.78 is 94.7. The van der Waals surface area contributed by atoms with Gasteiger partial charge in [0.05, 0.1) is 11.9 Å². The Morgan fingerprint density at radius 1 is 0.923 bits per heavy atom. The summed E-state index contributed by atoms with van der Waals surface area (Å²) in [5.41, 5.74) is 0.433. The van der Waals surface area contributed by atoms with E-state index in [1.165, 1.54) is 24.4 Å². The summed E-state index contributed by atoms with van der Waals surface area (Å²) in [7, 11) is 0. The van der Waals surface area contributed by atoms with Crippen molar-refractivity contribution in [2.45, 2.75) is 31.2 Å². The minimum absolute atomic E-state index is 0.00249. The summed E-state index contributed by atoms with van der Waals surface area (Å²) in [6, 6.07) is 11.2. The Kier molecular flexibility index (Phi) is 6.60. The summed E-state index contributed by atoms with van der Waals surface area (Å²) in [6.07, 6.45) is -6.86. The summed E-state index contributed by atoms with van der Waals surface area (Å²) >= 11 is 0. The van der Waals surface area contributed by atoms with Crippen LogP contribution in [0.5, 0.6) is 0 Å². The number of fused-ring (bicyclic) bond motifs is 1. The molecule has 6 nitrogen and oxygen atoms in total. The number of carbonyl (C=O) groups is 1. The monoisotopic (exact) mass is 549 g/mol. The zero-order valence-electron chi connectivity index (χ0n) is 19.8. The maximum atomic E-state index is 14.5.